The minimum absolute atomic E-state index is 0. The van der Waals surface area contributed by atoms with Gasteiger partial charge < -0.3 is 45.8 Å². The van der Waals surface area contributed by atoms with Crippen molar-refractivity contribution in [3.05, 3.63) is 203 Å². The Morgan fingerprint density at radius 2 is 0.378 bits per heavy atom. The van der Waals surface area contributed by atoms with Gasteiger partial charge in [-0.15, -0.1) is 0 Å². The molecule has 0 atom stereocenters. The van der Waals surface area contributed by atoms with E-state index < -0.39 is 15.8 Å². The molecule has 45 heavy (non-hydrogen) atoms. The van der Waals surface area contributed by atoms with Gasteiger partial charge in [-0.3, -0.25) is 0 Å². The molecule has 0 radical (unpaired) electrons. The number of rotatable bonds is 6. The maximum absolute atomic E-state index is 7.25. The molecule has 0 fully saturated rings. The van der Waals surface area contributed by atoms with Crippen LogP contribution in [0.2, 0.25) is 0 Å². The Hall–Kier alpha value is -3.35. The molecule has 0 N–H and O–H groups in total. The second-order valence-electron chi connectivity index (χ2n) is 8.68. The minimum Gasteiger partial charge on any atom is -1.00 e. The van der Waals surface area contributed by atoms with Gasteiger partial charge in [0.15, 0.2) is 0 Å². The van der Waals surface area contributed by atoms with E-state index in [0.29, 0.717) is 0 Å². The van der Waals surface area contributed by atoms with Crippen molar-refractivity contribution in [2.45, 2.75) is 0 Å². The molecule has 0 unspecified atom stereocenters. The summed E-state index contributed by atoms with van der Waals surface area (Å²) in [5, 5.41) is 8.39. The predicted molar refractivity (Wildman–Crippen MR) is 184 cm³/mol. The van der Waals surface area contributed by atoms with Crippen molar-refractivity contribution in [2.24, 2.45) is 0 Å². The van der Waals surface area contributed by atoms with Crippen molar-refractivity contribution in [1.82, 2.24) is 0 Å². The number of nitrogens with zero attached hydrogens (tertiary/aromatic N) is 2. The molecule has 0 heterocycles. The number of hydrogen-bond donors (Lipinski definition) is 0. The Kier molecular flexibility index (Phi) is 23.1. The summed E-state index contributed by atoms with van der Waals surface area (Å²) in [6.07, 6.45) is 0. The summed E-state index contributed by atoms with van der Waals surface area (Å²) in [4.78, 5) is 14.5. The van der Waals surface area contributed by atoms with Crippen LogP contribution in [0.3, 0.4) is 0 Å². The van der Waals surface area contributed by atoms with Crippen LogP contribution in [0.5, 0.6) is 0 Å². The maximum atomic E-state index is 7.25. The minimum atomic E-state index is -0.446. The van der Waals surface area contributed by atoms with Crippen LogP contribution in [0.1, 0.15) is 0 Å². The van der Waals surface area contributed by atoms with Gasteiger partial charge in [-0.1, -0.05) is 182 Å². The number of benzene rings is 6. The summed E-state index contributed by atoms with van der Waals surface area (Å²) in [6, 6.07) is 64.7. The van der Waals surface area contributed by atoms with Crippen molar-refractivity contribution >= 4 is 47.7 Å². The normalized spacial score (nSPS) is 9.11. The predicted octanol–water partition coefficient (Wildman–Crippen LogP) is 1.54. The zero-order valence-corrected chi connectivity index (χ0v) is 29.4. The fraction of sp³-hybridized carbons (Fsp3) is 0. The Bertz CT molecular complexity index is 1240. The van der Waals surface area contributed by atoms with Gasteiger partial charge in [0.05, 0.1) is 0 Å². The van der Waals surface area contributed by atoms with Gasteiger partial charge in [-0.25, -0.2) is 0 Å². The molecule has 0 aliphatic carbocycles. The number of halogens is 2. The summed E-state index contributed by atoms with van der Waals surface area (Å²) >= 11 is 0. The van der Waals surface area contributed by atoms with E-state index in [2.05, 4.69) is 182 Å². The van der Waals surface area contributed by atoms with E-state index in [1.807, 2.05) is 0 Å². The van der Waals surface area contributed by atoms with Gasteiger partial charge in [0.1, 0.15) is 0 Å². The second-order valence-corrected chi connectivity index (χ2v) is 13.1. The molecule has 6 aromatic rings. The van der Waals surface area contributed by atoms with E-state index in [4.69, 9.17) is 21.0 Å². The second kappa shape index (κ2) is 24.9. The third-order valence-electron chi connectivity index (χ3n) is 6.09. The summed E-state index contributed by atoms with van der Waals surface area (Å²) in [7, 11) is -0.892. The quantitative estimate of drug-likeness (QED) is 0.192. The van der Waals surface area contributed by atoms with E-state index in [1.165, 1.54) is 31.8 Å². The zero-order chi connectivity index (χ0) is 29.8. The van der Waals surface area contributed by atoms with Crippen LogP contribution in [-0.4, -0.2) is 0 Å². The van der Waals surface area contributed by atoms with Crippen LogP contribution in [-0.2, 0) is 21.1 Å². The molecule has 0 bridgehead atoms. The monoisotopic (exact) mass is 752 g/mol. The van der Waals surface area contributed by atoms with Crippen molar-refractivity contribution in [1.29, 1.82) is 0 Å². The molecule has 6 rings (SSSR count). The van der Waals surface area contributed by atoms with Crippen molar-refractivity contribution < 1.29 is 45.9 Å². The van der Waals surface area contributed by atoms with Gasteiger partial charge in [-0.05, 0) is 47.7 Å². The van der Waals surface area contributed by atoms with Gasteiger partial charge >= 0.3 is 21.1 Å². The van der Waals surface area contributed by atoms with E-state index >= 15 is 0 Å². The van der Waals surface area contributed by atoms with E-state index in [9.17, 15) is 0 Å². The van der Waals surface area contributed by atoms with Crippen molar-refractivity contribution in [3.63, 3.8) is 0 Å². The fourth-order valence-corrected chi connectivity index (χ4v) is 8.97. The Labute approximate surface area is 294 Å². The van der Waals surface area contributed by atoms with Crippen LogP contribution in [0.25, 0.3) is 11.2 Å². The molecule has 0 aromatic heterocycles. The smallest absolute Gasteiger partial charge is 1.00 e. The average Bonchev–Trinajstić information content (AvgIpc) is 3.10. The molecule has 0 aliphatic heterocycles. The van der Waals surface area contributed by atoms with E-state index in [0.717, 1.165) is 0 Å². The molecule has 0 saturated heterocycles. The molecule has 0 amide bonds. The first-order chi connectivity index (χ1) is 20.9. The first-order valence-corrected chi connectivity index (χ1v) is 15.9. The largest absolute Gasteiger partial charge is 2.00 e. The average molecular weight is 751 g/mol. The third kappa shape index (κ3) is 12.9. The summed E-state index contributed by atoms with van der Waals surface area (Å²) in [5.41, 5.74) is 11.5. The molecule has 0 aliphatic rings. The number of nitroso groups, excluding NO2 is 2. The van der Waals surface area contributed by atoms with Crippen LogP contribution in [0.4, 0.5) is 0 Å². The molecule has 9 heteroatoms. The van der Waals surface area contributed by atoms with Gasteiger partial charge in [-0.2, -0.15) is 0 Å². The standard InChI is InChI=1S/2C18H15P.2ClH.Mo.2NO/c2*1-4-10-16(11-5-1)19(17-12-6-2-7-13-17)18-14-8-3-9-15-18;;;;2*1-2/h2*1-15H;2*1H;;;/q;;;;+2;2*-1/p-2. The van der Waals surface area contributed by atoms with E-state index in [1.54, 1.807) is 0 Å². The summed E-state index contributed by atoms with van der Waals surface area (Å²) in [6.45, 7) is 0. The van der Waals surface area contributed by atoms with Crippen LogP contribution in [0, 0.1) is 9.81 Å². The summed E-state index contributed by atoms with van der Waals surface area (Å²) < 4.78 is 0. The first-order valence-electron chi connectivity index (χ1n) is 13.2. The third-order valence-corrected chi connectivity index (χ3v) is 11.0. The molecular formula is C36H30Cl2MoN2O2P2-2. The Morgan fingerprint density at radius 3 is 0.489 bits per heavy atom. The SMILES string of the molecule is [Cl-].[Cl-].[Mo+2].[N-]=O.[N-]=O.c1ccc(P(c2ccccc2)c2ccccc2)cc1.c1ccc(P(c2ccccc2)c2ccccc2)cc1. The first kappa shape index (κ1) is 41.6. The molecule has 228 valence electrons. The van der Waals surface area contributed by atoms with Crippen LogP contribution < -0.4 is 56.6 Å². The van der Waals surface area contributed by atoms with Crippen molar-refractivity contribution in [2.75, 3.05) is 0 Å². The molecular weight excluding hydrogens is 721 g/mol. The fourth-order valence-electron chi connectivity index (χ4n) is 4.36. The molecule has 4 nitrogen and oxygen atoms in total. The summed E-state index contributed by atoms with van der Waals surface area (Å²) in [5.74, 6) is 0. The molecule has 0 spiro atoms. The molecule has 6 aromatic carbocycles. The molecule has 0 saturated carbocycles. The Balaban J connectivity index is 0.000000731. The Morgan fingerprint density at radius 1 is 0.267 bits per heavy atom. The van der Waals surface area contributed by atoms with Crippen LogP contribution in [0.15, 0.2) is 182 Å². The van der Waals surface area contributed by atoms with Crippen LogP contribution >= 0.6 is 15.8 Å². The topological polar surface area (TPSA) is 78.7 Å². The zero-order valence-electron chi connectivity index (χ0n) is 24.1. The maximum Gasteiger partial charge on any atom is 2.00 e. The number of hydrogen-bond acceptors (Lipinski definition) is 2. The van der Waals surface area contributed by atoms with Gasteiger partial charge in [0, 0.05) is 0 Å². The van der Waals surface area contributed by atoms with E-state index in [-0.39, 0.29) is 45.9 Å². The van der Waals surface area contributed by atoms with Gasteiger partial charge in [0.25, 0.3) is 0 Å². The van der Waals surface area contributed by atoms with Gasteiger partial charge in [0.2, 0.25) is 0 Å². The van der Waals surface area contributed by atoms with Crippen molar-refractivity contribution in [3.8, 4) is 0 Å².